The highest BCUT2D eigenvalue weighted by Gasteiger charge is 2.21. The van der Waals surface area contributed by atoms with Crippen LogP contribution in [0.4, 0.5) is 11.6 Å². The summed E-state index contributed by atoms with van der Waals surface area (Å²) in [4.78, 5) is 26.0. The van der Waals surface area contributed by atoms with Crippen LogP contribution >= 0.6 is 0 Å². The Hall–Kier alpha value is -3.68. The molecule has 0 aliphatic carbocycles. The normalized spacial score (nSPS) is 14.7. The van der Waals surface area contributed by atoms with Gasteiger partial charge in [-0.3, -0.25) is 0 Å². The number of carbonyl (C=O) groups excluding carboxylic acids is 1. The quantitative estimate of drug-likeness (QED) is 0.459. The van der Waals surface area contributed by atoms with Crippen molar-refractivity contribution < 1.29 is 9.53 Å². The van der Waals surface area contributed by atoms with Crippen molar-refractivity contribution in [1.82, 2.24) is 19.6 Å². The number of aromatic nitrogens is 4. The Morgan fingerprint density at radius 2 is 1.88 bits per heavy atom. The zero-order valence-corrected chi connectivity index (χ0v) is 18.4. The topological polar surface area (TPSA) is 75.9 Å². The van der Waals surface area contributed by atoms with Crippen LogP contribution in [-0.4, -0.2) is 58.3 Å². The Labute approximate surface area is 186 Å². The number of anilines is 2. The number of ether oxygens (including phenoxy) is 1. The van der Waals surface area contributed by atoms with Gasteiger partial charge in [0.1, 0.15) is 11.6 Å². The van der Waals surface area contributed by atoms with Gasteiger partial charge in [-0.2, -0.15) is 5.10 Å². The number of nitrogens with zero attached hydrogens (tertiary/aromatic N) is 6. The summed E-state index contributed by atoms with van der Waals surface area (Å²) in [5.41, 5.74) is 3.37. The van der Waals surface area contributed by atoms with Gasteiger partial charge in [0.2, 0.25) is 0 Å². The van der Waals surface area contributed by atoms with Crippen molar-refractivity contribution in [3.8, 4) is 0 Å². The SMILES string of the molecule is CCOC(=O)c1ccc(N2CCCN(c3nc4cc(C)nn4c4ccccc34)CC2)nc1. The van der Waals surface area contributed by atoms with E-state index in [-0.39, 0.29) is 5.97 Å². The molecule has 5 rings (SSSR count). The lowest BCUT2D eigenvalue weighted by Crippen LogP contribution is -2.31. The molecule has 0 spiro atoms. The van der Waals surface area contributed by atoms with Crippen LogP contribution in [-0.2, 0) is 4.74 Å². The van der Waals surface area contributed by atoms with Crippen LogP contribution in [0, 0.1) is 6.92 Å². The fraction of sp³-hybridized carbons (Fsp3) is 0.333. The van der Waals surface area contributed by atoms with Crippen LogP contribution in [0.25, 0.3) is 16.6 Å². The molecule has 0 unspecified atom stereocenters. The molecule has 1 aromatic carbocycles. The third-order valence-electron chi connectivity index (χ3n) is 5.78. The standard InChI is InChI=1S/C24H26N6O2/c1-3-32-24(31)18-9-10-21(25-16-18)28-11-6-12-29(14-13-28)23-19-7-4-5-8-20(19)30-22(26-23)15-17(2)27-30/h4-5,7-10,15-16H,3,6,11-14H2,1-2H3. The molecular weight excluding hydrogens is 404 g/mol. The lowest BCUT2D eigenvalue weighted by atomic mass is 10.2. The summed E-state index contributed by atoms with van der Waals surface area (Å²) in [6.45, 7) is 7.62. The number of carbonyl (C=O) groups is 1. The first-order valence-electron chi connectivity index (χ1n) is 11.0. The van der Waals surface area contributed by atoms with E-state index < -0.39 is 0 Å². The Morgan fingerprint density at radius 3 is 2.69 bits per heavy atom. The largest absolute Gasteiger partial charge is 0.462 e. The highest BCUT2D eigenvalue weighted by atomic mass is 16.5. The number of hydrogen-bond acceptors (Lipinski definition) is 7. The number of benzene rings is 1. The summed E-state index contributed by atoms with van der Waals surface area (Å²) >= 11 is 0. The van der Waals surface area contributed by atoms with Gasteiger partial charge in [-0.25, -0.2) is 19.3 Å². The fourth-order valence-electron chi connectivity index (χ4n) is 4.27. The molecule has 1 fully saturated rings. The van der Waals surface area contributed by atoms with Crippen LogP contribution in [0.2, 0.25) is 0 Å². The number of rotatable bonds is 4. The third-order valence-corrected chi connectivity index (χ3v) is 5.78. The van der Waals surface area contributed by atoms with Gasteiger partial charge in [0, 0.05) is 43.8 Å². The smallest absolute Gasteiger partial charge is 0.339 e. The maximum Gasteiger partial charge on any atom is 0.339 e. The Morgan fingerprint density at radius 1 is 1.06 bits per heavy atom. The molecule has 0 bridgehead atoms. The first-order chi connectivity index (χ1) is 15.6. The summed E-state index contributed by atoms with van der Waals surface area (Å²) < 4.78 is 6.98. The fourth-order valence-corrected chi connectivity index (χ4v) is 4.27. The number of para-hydroxylation sites is 1. The molecule has 8 heteroatoms. The molecule has 0 amide bonds. The van der Waals surface area contributed by atoms with E-state index in [4.69, 9.17) is 9.72 Å². The first-order valence-corrected chi connectivity index (χ1v) is 11.0. The van der Waals surface area contributed by atoms with Gasteiger partial charge in [-0.1, -0.05) is 12.1 Å². The molecule has 4 heterocycles. The minimum absolute atomic E-state index is 0.336. The third kappa shape index (κ3) is 3.72. The Kier molecular flexibility index (Phi) is 5.34. The van der Waals surface area contributed by atoms with Gasteiger partial charge in [-0.15, -0.1) is 0 Å². The second-order valence-electron chi connectivity index (χ2n) is 7.96. The number of hydrogen-bond donors (Lipinski definition) is 0. The molecule has 0 N–H and O–H groups in total. The molecule has 32 heavy (non-hydrogen) atoms. The zero-order valence-electron chi connectivity index (χ0n) is 18.4. The van der Waals surface area contributed by atoms with Crippen molar-refractivity contribution in [3.63, 3.8) is 0 Å². The van der Waals surface area contributed by atoms with E-state index in [1.807, 2.05) is 29.6 Å². The predicted octanol–water partition coefficient (Wildman–Crippen LogP) is 3.48. The van der Waals surface area contributed by atoms with E-state index in [9.17, 15) is 4.79 Å². The van der Waals surface area contributed by atoms with Crippen LogP contribution < -0.4 is 9.80 Å². The molecule has 1 saturated heterocycles. The Bertz CT molecular complexity index is 1270. The minimum Gasteiger partial charge on any atom is -0.462 e. The minimum atomic E-state index is -0.336. The van der Waals surface area contributed by atoms with Crippen molar-refractivity contribution in [1.29, 1.82) is 0 Å². The monoisotopic (exact) mass is 430 g/mol. The average Bonchev–Trinajstić information content (AvgIpc) is 3.03. The number of aryl methyl sites for hydroxylation is 1. The van der Waals surface area contributed by atoms with Gasteiger partial charge in [0.05, 0.1) is 23.4 Å². The van der Waals surface area contributed by atoms with E-state index in [0.29, 0.717) is 12.2 Å². The van der Waals surface area contributed by atoms with Crippen LogP contribution in [0.15, 0.2) is 48.7 Å². The molecule has 4 aromatic rings. The number of esters is 1. The molecule has 0 atom stereocenters. The summed E-state index contributed by atoms with van der Waals surface area (Å²) in [5, 5.41) is 5.72. The van der Waals surface area contributed by atoms with E-state index in [2.05, 4.69) is 38.1 Å². The number of fused-ring (bicyclic) bond motifs is 3. The maximum absolute atomic E-state index is 11.9. The number of pyridine rings is 1. The van der Waals surface area contributed by atoms with E-state index >= 15 is 0 Å². The molecule has 0 saturated carbocycles. The summed E-state index contributed by atoms with van der Waals surface area (Å²) in [7, 11) is 0. The molecule has 1 aliphatic rings. The second kappa shape index (κ2) is 8.45. The predicted molar refractivity (Wildman–Crippen MR) is 124 cm³/mol. The van der Waals surface area contributed by atoms with Gasteiger partial charge < -0.3 is 14.5 Å². The van der Waals surface area contributed by atoms with E-state index in [1.54, 1.807) is 19.2 Å². The molecule has 0 radical (unpaired) electrons. The highest BCUT2D eigenvalue weighted by Crippen LogP contribution is 2.27. The van der Waals surface area contributed by atoms with Crippen molar-refractivity contribution in [2.24, 2.45) is 0 Å². The van der Waals surface area contributed by atoms with Crippen molar-refractivity contribution in [3.05, 3.63) is 59.9 Å². The first kappa shape index (κ1) is 20.2. The highest BCUT2D eigenvalue weighted by molar-refractivity contribution is 5.92. The Balaban J connectivity index is 1.40. The van der Waals surface area contributed by atoms with E-state index in [0.717, 1.165) is 66.5 Å². The molecule has 8 nitrogen and oxygen atoms in total. The van der Waals surface area contributed by atoms with Crippen LogP contribution in [0.5, 0.6) is 0 Å². The second-order valence-corrected chi connectivity index (χ2v) is 7.96. The van der Waals surface area contributed by atoms with Gasteiger partial charge >= 0.3 is 5.97 Å². The van der Waals surface area contributed by atoms with Crippen molar-refractivity contribution in [2.45, 2.75) is 20.3 Å². The van der Waals surface area contributed by atoms with Crippen LogP contribution in [0.1, 0.15) is 29.4 Å². The van der Waals surface area contributed by atoms with Crippen LogP contribution in [0.3, 0.4) is 0 Å². The van der Waals surface area contributed by atoms with Gasteiger partial charge in [0.25, 0.3) is 0 Å². The van der Waals surface area contributed by atoms with Crippen molar-refractivity contribution in [2.75, 3.05) is 42.6 Å². The van der Waals surface area contributed by atoms with Crippen molar-refractivity contribution >= 4 is 34.2 Å². The maximum atomic E-state index is 11.9. The molecular formula is C24H26N6O2. The molecule has 164 valence electrons. The van der Waals surface area contributed by atoms with Gasteiger partial charge in [-0.05, 0) is 44.5 Å². The molecule has 1 aliphatic heterocycles. The van der Waals surface area contributed by atoms with E-state index in [1.165, 1.54) is 0 Å². The summed E-state index contributed by atoms with van der Waals surface area (Å²) in [6.07, 6.45) is 2.59. The van der Waals surface area contributed by atoms with Gasteiger partial charge in [0.15, 0.2) is 5.65 Å². The average molecular weight is 431 g/mol. The lowest BCUT2D eigenvalue weighted by molar-refractivity contribution is 0.0526. The zero-order chi connectivity index (χ0) is 22.1. The lowest BCUT2D eigenvalue weighted by Gasteiger charge is -2.24. The summed E-state index contributed by atoms with van der Waals surface area (Å²) in [6, 6.07) is 14.0. The molecule has 3 aromatic heterocycles. The summed E-state index contributed by atoms with van der Waals surface area (Å²) in [5.74, 6) is 1.54.